The Kier molecular flexibility index (Phi) is 4.34. The molecule has 0 spiro atoms. The van der Waals surface area contributed by atoms with Crippen molar-refractivity contribution in [2.75, 3.05) is 39.0 Å². The predicted molar refractivity (Wildman–Crippen MR) is 70.7 cm³/mol. The number of anilines is 1. The fourth-order valence-corrected chi connectivity index (χ4v) is 2.20. The molecule has 4 heteroatoms. The van der Waals surface area contributed by atoms with Gasteiger partial charge in [-0.2, -0.15) is 0 Å². The Balaban J connectivity index is 1.72. The highest BCUT2D eigenvalue weighted by atomic mass is 15.2. The molecule has 1 aliphatic rings. The summed E-state index contributed by atoms with van der Waals surface area (Å²) in [5.74, 6) is 0. The van der Waals surface area contributed by atoms with Crippen LogP contribution >= 0.6 is 0 Å². The number of likely N-dealkylation sites (tertiary alicyclic amines) is 1. The average molecular weight is 234 g/mol. The topological polar surface area (TPSA) is 45.4 Å². The van der Waals surface area contributed by atoms with Crippen LogP contribution in [0.4, 0.5) is 5.69 Å². The van der Waals surface area contributed by atoms with Crippen LogP contribution in [0.3, 0.4) is 0 Å². The molecule has 17 heavy (non-hydrogen) atoms. The average Bonchev–Trinajstić information content (AvgIpc) is 2.83. The van der Waals surface area contributed by atoms with Gasteiger partial charge in [0.05, 0.1) is 17.6 Å². The van der Waals surface area contributed by atoms with E-state index in [9.17, 15) is 0 Å². The molecule has 1 aromatic heterocycles. The normalized spacial score (nSPS) is 16.8. The van der Waals surface area contributed by atoms with Gasteiger partial charge in [0.15, 0.2) is 0 Å². The summed E-state index contributed by atoms with van der Waals surface area (Å²) in [6.45, 7) is 5.72. The highest BCUT2D eigenvalue weighted by Gasteiger charge is 2.11. The molecule has 0 amide bonds. The number of pyridine rings is 1. The Morgan fingerprint density at radius 2 is 2.12 bits per heavy atom. The fourth-order valence-electron chi connectivity index (χ4n) is 2.20. The third-order valence-corrected chi connectivity index (χ3v) is 3.28. The van der Waals surface area contributed by atoms with E-state index in [4.69, 9.17) is 5.73 Å². The quantitative estimate of drug-likeness (QED) is 0.831. The van der Waals surface area contributed by atoms with Crippen molar-refractivity contribution in [3.63, 3.8) is 0 Å². The minimum atomic E-state index is 0.730. The number of rotatable bonds is 5. The molecule has 0 aliphatic carbocycles. The number of hydrogen-bond acceptors (Lipinski definition) is 4. The van der Waals surface area contributed by atoms with Crippen molar-refractivity contribution in [1.82, 2.24) is 14.8 Å². The molecule has 2 N–H and O–H groups in total. The van der Waals surface area contributed by atoms with Crippen molar-refractivity contribution in [2.24, 2.45) is 0 Å². The summed E-state index contributed by atoms with van der Waals surface area (Å²) < 4.78 is 0. The van der Waals surface area contributed by atoms with Crippen LogP contribution in [0.15, 0.2) is 18.3 Å². The predicted octanol–water partition coefficient (Wildman–Crippen LogP) is 1.19. The molecule has 0 atom stereocenters. The Morgan fingerprint density at radius 3 is 2.76 bits per heavy atom. The number of nitrogen functional groups attached to an aromatic ring is 1. The zero-order valence-corrected chi connectivity index (χ0v) is 10.6. The van der Waals surface area contributed by atoms with Crippen LogP contribution in [-0.2, 0) is 6.54 Å². The molecule has 1 saturated heterocycles. The van der Waals surface area contributed by atoms with Crippen LogP contribution in [-0.4, -0.2) is 48.0 Å². The van der Waals surface area contributed by atoms with Gasteiger partial charge in [0.2, 0.25) is 0 Å². The van der Waals surface area contributed by atoms with Crippen LogP contribution < -0.4 is 5.73 Å². The second-order valence-corrected chi connectivity index (χ2v) is 4.87. The number of likely N-dealkylation sites (N-methyl/N-ethyl adjacent to an activating group) is 1. The first kappa shape index (κ1) is 12.3. The highest BCUT2D eigenvalue weighted by molar-refractivity contribution is 5.34. The van der Waals surface area contributed by atoms with E-state index in [1.807, 2.05) is 12.1 Å². The van der Waals surface area contributed by atoms with Gasteiger partial charge in [-0.15, -0.1) is 0 Å². The minimum absolute atomic E-state index is 0.730. The standard InChI is InChI=1S/C13H22N4/c1-16(8-9-17-6-2-3-7-17)11-13-5-4-12(14)10-15-13/h4-5,10H,2-3,6-9,11,14H2,1H3. The molecule has 0 bridgehead atoms. The maximum Gasteiger partial charge on any atom is 0.0545 e. The van der Waals surface area contributed by atoms with E-state index < -0.39 is 0 Å². The monoisotopic (exact) mass is 234 g/mol. The maximum absolute atomic E-state index is 5.62. The van der Waals surface area contributed by atoms with Gasteiger partial charge in [-0.1, -0.05) is 0 Å². The van der Waals surface area contributed by atoms with Crippen LogP contribution in [0.1, 0.15) is 18.5 Å². The molecule has 94 valence electrons. The molecule has 4 nitrogen and oxygen atoms in total. The molecule has 1 aliphatic heterocycles. The molecule has 0 radical (unpaired) electrons. The second kappa shape index (κ2) is 5.98. The molecule has 0 unspecified atom stereocenters. The zero-order valence-electron chi connectivity index (χ0n) is 10.6. The molecular formula is C13H22N4. The van der Waals surface area contributed by atoms with E-state index in [1.54, 1.807) is 6.20 Å². The first-order valence-electron chi connectivity index (χ1n) is 6.35. The lowest BCUT2D eigenvalue weighted by Crippen LogP contribution is -2.31. The second-order valence-electron chi connectivity index (χ2n) is 4.87. The minimum Gasteiger partial charge on any atom is -0.397 e. The van der Waals surface area contributed by atoms with Gasteiger partial charge in [-0.3, -0.25) is 9.88 Å². The summed E-state index contributed by atoms with van der Waals surface area (Å²) in [6.07, 6.45) is 4.45. The third kappa shape index (κ3) is 3.98. The van der Waals surface area contributed by atoms with E-state index in [-0.39, 0.29) is 0 Å². The van der Waals surface area contributed by atoms with E-state index >= 15 is 0 Å². The van der Waals surface area contributed by atoms with Gasteiger partial charge in [-0.25, -0.2) is 0 Å². The lowest BCUT2D eigenvalue weighted by molar-refractivity contribution is 0.250. The summed E-state index contributed by atoms with van der Waals surface area (Å²) in [5, 5.41) is 0. The number of nitrogens with two attached hydrogens (primary N) is 1. The first-order valence-corrected chi connectivity index (χ1v) is 6.35. The summed E-state index contributed by atoms with van der Waals surface area (Å²) in [6, 6.07) is 3.92. The van der Waals surface area contributed by atoms with E-state index in [0.717, 1.165) is 24.5 Å². The number of nitrogens with zero attached hydrogens (tertiary/aromatic N) is 3. The molecule has 1 aromatic rings. The summed E-state index contributed by atoms with van der Waals surface area (Å²) in [7, 11) is 2.15. The van der Waals surface area contributed by atoms with Crippen molar-refractivity contribution < 1.29 is 0 Å². The fraction of sp³-hybridized carbons (Fsp3) is 0.615. The van der Waals surface area contributed by atoms with Crippen molar-refractivity contribution in [3.8, 4) is 0 Å². The third-order valence-electron chi connectivity index (χ3n) is 3.28. The van der Waals surface area contributed by atoms with Crippen LogP contribution in [0.2, 0.25) is 0 Å². The lowest BCUT2D eigenvalue weighted by atomic mass is 10.3. The van der Waals surface area contributed by atoms with Gasteiger partial charge in [0, 0.05) is 19.6 Å². The lowest BCUT2D eigenvalue weighted by Gasteiger charge is -2.20. The molecule has 0 aromatic carbocycles. The SMILES string of the molecule is CN(CCN1CCCC1)Cc1ccc(N)cn1. The van der Waals surface area contributed by atoms with Crippen molar-refractivity contribution >= 4 is 5.69 Å². The van der Waals surface area contributed by atoms with Gasteiger partial charge in [0.25, 0.3) is 0 Å². The van der Waals surface area contributed by atoms with Gasteiger partial charge in [0.1, 0.15) is 0 Å². The van der Waals surface area contributed by atoms with Crippen LogP contribution in [0.25, 0.3) is 0 Å². The maximum atomic E-state index is 5.62. The van der Waals surface area contributed by atoms with Crippen molar-refractivity contribution in [3.05, 3.63) is 24.0 Å². The van der Waals surface area contributed by atoms with Crippen molar-refractivity contribution in [1.29, 1.82) is 0 Å². The molecule has 2 heterocycles. The molecule has 0 saturated carbocycles. The van der Waals surface area contributed by atoms with E-state index in [0.29, 0.717) is 0 Å². The molecule has 2 rings (SSSR count). The Morgan fingerprint density at radius 1 is 1.35 bits per heavy atom. The van der Waals surface area contributed by atoms with Crippen LogP contribution in [0.5, 0.6) is 0 Å². The Bertz CT molecular complexity index is 330. The summed E-state index contributed by atoms with van der Waals surface area (Å²) in [5.41, 5.74) is 7.43. The van der Waals surface area contributed by atoms with Crippen molar-refractivity contribution in [2.45, 2.75) is 19.4 Å². The largest absolute Gasteiger partial charge is 0.397 e. The number of aromatic nitrogens is 1. The van der Waals surface area contributed by atoms with Gasteiger partial charge < -0.3 is 10.6 Å². The van der Waals surface area contributed by atoms with Crippen LogP contribution in [0, 0.1) is 0 Å². The van der Waals surface area contributed by atoms with Gasteiger partial charge in [-0.05, 0) is 45.1 Å². The molecular weight excluding hydrogens is 212 g/mol. The Hall–Kier alpha value is -1.13. The Labute approximate surface area is 103 Å². The van der Waals surface area contributed by atoms with E-state index in [2.05, 4.69) is 21.8 Å². The first-order chi connectivity index (χ1) is 8.24. The number of hydrogen-bond donors (Lipinski definition) is 1. The van der Waals surface area contributed by atoms with Gasteiger partial charge >= 0.3 is 0 Å². The smallest absolute Gasteiger partial charge is 0.0545 e. The highest BCUT2D eigenvalue weighted by Crippen LogP contribution is 2.07. The van der Waals surface area contributed by atoms with E-state index in [1.165, 1.54) is 32.5 Å². The molecule has 1 fully saturated rings. The zero-order chi connectivity index (χ0) is 12.1. The summed E-state index contributed by atoms with van der Waals surface area (Å²) in [4.78, 5) is 9.17. The summed E-state index contributed by atoms with van der Waals surface area (Å²) >= 11 is 0.